The molecule has 1 aliphatic heterocycles. The van der Waals surface area contributed by atoms with E-state index in [1.54, 1.807) is 14.2 Å². The van der Waals surface area contributed by atoms with Crippen LogP contribution in [0.3, 0.4) is 0 Å². The van der Waals surface area contributed by atoms with Gasteiger partial charge in [0.2, 0.25) is 0 Å². The number of ether oxygens (including phenoxy) is 2. The molecule has 0 saturated heterocycles. The number of hydrogen-bond acceptors (Lipinski definition) is 4. The Balaban J connectivity index is 1.62. The summed E-state index contributed by atoms with van der Waals surface area (Å²) in [6.07, 6.45) is 1.99. The number of hydrogen-bond donors (Lipinski definition) is 1. The quantitative estimate of drug-likeness (QED) is 0.406. The molecule has 164 valence electrons. The average Bonchev–Trinajstić information content (AvgIpc) is 3.19. The SMILES string of the molecule is COc1cccc(NC2=CC(c3cccc4ccccc34)N(c3cccc(OC)c3)C2=O)c1. The molecule has 0 aromatic heterocycles. The van der Waals surface area contributed by atoms with E-state index < -0.39 is 0 Å². The molecule has 5 rings (SSSR count). The van der Waals surface area contributed by atoms with Gasteiger partial charge in [0, 0.05) is 23.5 Å². The third-order valence-electron chi connectivity index (χ3n) is 5.87. The van der Waals surface area contributed by atoms with Gasteiger partial charge in [0.15, 0.2) is 0 Å². The van der Waals surface area contributed by atoms with E-state index in [1.807, 2.05) is 77.7 Å². The lowest BCUT2D eigenvalue weighted by molar-refractivity contribution is -0.114. The second-order valence-corrected chi connectivity index (χ2v) is 7.83. The first-order valence-electron chi connectivity index (χ1n) is 10.8. The second kappa shape index (κ2) is 8.71. The van der Waals surface area contributed by atoms with E-state index >= 15 is 0 Å². The van der Waals surface area contributed by atoms with E-state index in [-0.39, 0.29) is 11.9 Å². The summed E-state index contributed by atoms with van der Waals surface area (Å²) in [6, 6.07) is 29.3. The molecule has 1 aliphatic rings. The van der Waals surface area contributed by atoms with E-state index in [2.05, 4.69) is 29.6 Å². The molecule has 0 bridgehead atoms. The molecule has 1 atom stereocenters. The third kappa shape index (κ3) is 3.89. The minimum absolute atomic E-state index is 0.107. The molecule has 5 heteroatoms. The van der Waals surface area contributed by atoms with E-state index in [9.17, 15) is 4.79 Å². The molecule has 1 amide bonds. The molecule has 4 aromatic rings. The first-order chi connectivity index (χ1) is 16.2. The number of amides is 1. The highest BCUT2D eigenvalue weighted by atomic mass is 16.5. The van der Waals surface area contributed by atoms with E-state index in [0.717, 1.165) is 33.5 Å². The van der Waals surface area contributed by atoms with Gasteiger partial charge in [0.1, 0.15) is 17.2 Å². The van der Waals surface area contributed by atoms with Gasteiger partial charge in [0.05, 0.1) is 20.3 Å². The summed E-state index contributed by atoms with van der Waals surface area (Å²) >= 11 is 0. The van der Waals surface area contributed by atoms with Gasteiger partial charge in [-0.1, -0.05) is 54.6 Å². The van der Waals surface area contributed by atoms with Gasteiger partial charge in [0.25, 0.3) is 5.91 Å². The van der Waals surface area contributed by atoms with Crippen molar-refractivity contribution in [2.24, 2.45) is 0 Å². The maximum atomic E-state index is 13.7. The number of carbonyl (C=O) groups excluding carboxylic acids is 1. The maximum absolute atomic E-state index is 13.7. The standard InChI is InChI=1S/C28H24N2O3/c1-32-22-12-6-10-20(16-22)29-26-18-27(25-15-5-9-19-8-3-4-14-24(19)25)30(28(26)31)21-11-7-13-23(17-21)33-2/h3-18,27,29H,1-2H3. The van der Waals surface area contributed by atoms with Crippen LogP contribution in [-0.4, -0.2) is 20.1 Å². The van der Waals surface area contributed by atoms with Crippen molar-refractivity contribution in [3.63, 3.8) is 0 Å². The predicted octanol–water partition coefficient (Wildman–Crippen LogP) is 5.94. The fourth-order valence-corrected chi connectivity index (χ4v) is 4.29. The first-order valence-corrected chi connectivity index (χ1v) is 10.8. The van der Waals surface area contributed by atoms with Crippen molar-refractivity contribution < 1.29 is 14.3 Å². The predicted molar refractivity (Wildman–Crippen MR) is 132 cm³/mol. The van der Waals surface area contributed by atoms with Crippen LogP contribution in [0.15, 0.2) is 103 Å². The van der Waals surface area contributed by atoms with Crippen LogP contribution in [0.4, 0.5) is 11.4 Å². The summed E-state index contributed by atoms with van der Waals surface area (Å²) in [5.41, 5.74) is 3.14. The Morgan fingerprint density at radius 3 is 2.30 bits per heavy atom. The monoisotopic (exact) mass is 436 g/mol. The number of benzene rings is 4. The zero-order valence-electron chi connectivity index (χ0n) is 18.5. The molecule has 1 heterocycles. The molecule has 0 saturated carbocycles. The molecule has 0 spiro atoms. The lowest BCUT2D eigenvalue weighted by atomic mass is 9.98. The molecular weight excluding hydrogens is 412 g/mol. The van der Waals surface area contributed by atoms with Crippen LogP contribution in [0.1, 0.15) is 11.6 Å². The zero-order chi connectivity index (χ0) is 22.8. The molecule has 1 unspecified atom stereocenters. The number of nitrogens with zero attached hydrogens (tertiary/aromatic N) is 1. The maximum Gasteiger partial charge on any atom is 0.275 e. The van der Waals surface area contributed by atoms with Crippen molar-refractivity contribution in [1.29, 1.82) is 0 Å². The zero-order valence-corrected chi connectivity index (χ0v) is 18.5. The summed E-state index contributed by atoms with van der Waals surface area (Å²) in [5, 5.41) is 5.55. The number of anilines is 2. The molecule has 0 radical (unpaired) electrons. The molecular formula is C28H24N2O3. The highest BCUT2D eigenvalue weighted by molar-refractivity contribution is 6.11. The molecule has 0 aliphatic carbocycles. The van der Waals surface area contributed by atoms with Gasteiger partial charge in [-0.15, -0.1) is 0 Å². The Morgan fingerprint density at radius 1 is 0.788 bits per heavy atom. The summed E-state index contributed by atoms with van der Waals surface area (Å²) in [7, 11) is 3.25. The number of fused-ring (bicyclic) bond motifs is 1. The lowest BCUT2D eigenvalue weighted by Crippen LogP contribution is -2.30. The van der Waals surface area contributed by atoms with Gasteiger partial charge < -0.3 is 14.8 Å². The van der Waals surface area contributed by atoms with Crippen molar-refractivity contribution in [2.75, 3.05) is 24.4 Å². The topological polar surface area (TPSA) is 50.8 Å². The van der Waals surface area contributed by atoms with Crippen LogP contribution in [0, 0.1) is 0 Å². The number of rotatable bonds is 6. The Bertz CT molecular complexity index is 1360. The largest absolute Gasteiger partial charge is 0.497 e. The molecule has 1 N–H and O–H groups in total. The fraction of sp³-hybridized carbons (Fsp3) is 0.107. The van der Waals surface area contributed by atoms with Crippen molar-refractivity contribution in [3.8, 4) is 11.5 Å². The van der Waals surface area contributed by atoms with Gasteiger partial charge in [-0.25, -0.2) is 0 Å². The number of carbonyl (C=O) groups is 1. The fourth-order valence-electron chi connectivity index (χ4n) is 4.29. The Hall–Kier alpha value is -4.25. The Labute approximate surface area is 192 Å². The van der Waals surface area contributed by atoms with Crippen molar-refractivity contribution in [2.45, 2.75) is 6.04 Å². The van der Waals surface area contributed by atoms with Crippen LogP contribution in [0.2, 0.25) is 0 Å². The van der Waals surface area contributed by atoms with Crippen LogP contribution in [0.25, 0.3) is 10.8 Å². The van der Waals surface area contributed by atoms with Gasteiger partial charge in [-0.3, -0.25) is 9.69 Å². The normalized spacial score (nSPS) is 15.5. The van der Waals surface area contributed by atoms with Gasteiger partial charge >= 0.3 is 0 Å². The molecule has 5 nitrogen and oxygen atoms in total. The minimum atomic E-state index is -0.274. The highest BCUT2D eigenvalue weighted by Crippen LogP contribution is 2.39. The van der Waals surface area contributed by atoms with Crippen molar-refractivity contribution >= 4 is 28.1 Å². The van der Waals surface area contributed by atoms with Crippen LogP contribution in [-0.2, 0) is 4.79 Å². The third-order valence-corrected chi connectivity index (χ3v) is 5.87. The summed E-state index contributed by atoms with van der Waals surface area (Å²) in [4.78, 5) is 15.5. The number of methoxy groups -OCH3 is 2. The van der Waals surface area contributed by atoms with Crippen LogP contribution in [0.5, 0.6) is 11.5 Å². The van der Waals surface area contributed by atoms with Crippen molar-refractivity contribution in [1.82, 2.24) is 0 Å². The highest BCUT2D eigenvalue weighted by Gasteiger charge is 2.35. The second-order valence-electron chi connectivity index (χ2n) is 7.83. The lowest BCUT2D eigenvalue weighted by Gasteiger charge is -2.26. The van der Waals surface area contributed by atoms with Crippen LogP contribution < -0.4 is 19.7 Å². The number of nitrogens with one attached hydrogen (secondary N) is 1. The first kappa shape index (κ1) is 20.6. The average molecular weight is 437 g/mol. The minimum Gasteiger partial charge on any atom is -0.497 e. The van der Waals surface area contributed by atoms with Gasteiger partial charge in [-0.05, 0) is 46.7 Å². The molecule has 33 heavy (non-hydrogen) atoms. The van der Waals surface area contributed by atoms with Crippen molar-refractivity contribution in [3.05, 3.63) is 108 Å². The van der Waals surface area contributed by atoms with E-state index in [4.69, 9.17) is 9.47 Å². The Morgan fingerprint density at radius 2 is 1.48 bits per heavy atom. The van der Waals surface area contributed by atoms with E-state index in [0.29, 0.717) is 11.4 Å². The smallest absolute Gasteiger partial charge is 0.275 e. The van der Waals surface area contributed by atoms with Crippen LogP contribution >= 0.6 is 0 Å². The summed E-state index contributed by atoms with van der Waals surface area (Å²) in [5.74, 6) is 1.32. The van der Waals surface area contributed by atoms with E-state index in [1.165, 1.54) is 0 Å². The molecule has 4 aromatic carbocycles. The van der Waals surface area contributed by atoms with Gasteiger partial charge in [-0.2, -0.15) is 0 Å². The summed E-state index contributed by atoms with van der Waals surface area (Å²) in [6.45, 7) is 0. The summed E-state index contributed by atoms with van der Waals surface area (Å²) < 4.78 is 10.8. The Kier molecular flexibility index (Phi) is 5.45. The molecule has 0 fully saturated rings.